The van der Waals surface area contributed by atoms with E-state index in [0.717, 1.165) is 18.5 Å². The Kier molecular flexibility index (Phi) is 2.65. The molecular weight excluding hydrogens is 138 g/mol. The zero-order valence-electron chi connectivity index (χ0n) is 7.12. The third kappa shape index (κ3) is 1.80. The van der Waals surface area contributed by atoms with Gasteiger partial charge in [-0.2, -0.15) is 0 Å². The quantitative estimate of drug-likeness (QED) is 0.709. The predicted octanol–water partition coefficient (Wildman–Crippen LogP) is 1.22. The minimum Gasteiger partial charge on any atom is -0.336 e. The van der Waals surface area contributed by atoms with Crippen molar-refractivity contribution in [1.82, 2.24) is 9.55 Å². The molecule has 0 aromatic carbocycles. The number of imidazole rings is 1. The minimum absolute atomic E-state index is 0.146. The summed E-state index contributed by atoms with van der Waals surface area (Å²) in [6.07, 6.45) is 5.76. The Hall–Kier alpha value is -0.830. The van der Waals surface area contributed by atoms with E-state index in [2.05, 4.69) is 11.9 Å². The fraction of sp³-hybridized carbons (Fsp3) is 0.625. The summed E-state index contributed by atoms with van der Waals surface area (Å²) in [7, 11) is 1.97. The first-order valence-corrected chi connectivity index (χ1v) is 3.97. The molecule has 0 radical (unpaired) electrons. The van der Waals surface area contributed by atoms with Crippen molar-refractivity contribution in [3.63, 3.8) is 0 Å². The molecule has 1 aromatic heterocycles. The van der Waals surface area contributed by atoms with Crippen LogP contribution >= 0.6 is 0 Å². The summed E-state index contributed by atoms with van der Waals surface area (Å²) in [6, 6.07) is 0.146. The summed E-state index contributed by atoms with van der Waals surface area (Å²) < 4.78 is 1.97. The first kappa shape index (κ1) is 8.27. The van der Waals surface area contributed by atoms with Gasteiger partial charge >= 0.3 is 0 Å². The van der Waals surface area contributed by atoms with Gasteiger partial charge in [0, 0.05) is 19.3 Å². The Bertz CT molecular complexity index is 217. The molecule has 0 saturated heterocycles. The molecule has 0 unspecified atom stereocenters. The zero-order chi connectivity index (χ0) is 8.27. The Morgan fingerprint density at radius 2 is 2.45 bits per heavy atom. The van der Waals surface area contributed by atoms with E-state index < -0.39 is 0 Å². The molecule has 0 bridgehead atoms. The molecule has 3 nitrogen and oxygen atoms in total. The topological polar surface area (TPSA) is 43.8 Å². The van der Waals surface area contributed by atoms with Gasteiger partial charge in [-0.1, -0.05) is 13.3 Å². The first-order chi connectivity index (χ1) is 5.25. The summed E-state index contributed by atoms with van der Waals surface area (Å²) in [6.45, 7) is 2.14. The van der Waals surface area contributed by atoms with Gasteiger partial charge in [0.15, 0.2) is 0 Å². The molecule has 0 aliphatic heterocycles. The van der Waals surface area contributed by atoms with E-state index in [0.29, 0.717) is 0 Å². The monoisotopic (exact) mass is 153 g/mol. The largest absolute Gasteiger partial charge is 0.336 e. The summed E-state index contributed by atoms with van der Waals surface area (Å²) in [4.78, 5) is 4.01. The molecule has 0 aliphatic rings. The molecule has 0 spiro atoms. The SMILES string of the molecule is CCC[C@@H](N)c1cncn1C. The van der Waals surface area contributed by atoms with Crippen molar-refractivity contribution in [1.29, 1.82) is 0 Å². The van der Waals surface area contributed by atoms with Gasteiger partial charge in [-0.25, -0.2) is 4.98 Å². The van der Waals surface area contributed by atoms with Gasteiger partial charge in [-0.3, -0.25) is 0 Å². The highest BCUT2D eigenvalue weighted by Gasteiger charge is 2.07. The number of nitrogens with zero attached hydrogens (tertiary/aromatic N) is 2. The van der Waals surface area contributed by atoms with Crippen molar-refractivity contribution in [2.24, 2.45) is 12.8 Å². The third-order valence-corrected chi connectivity index (χ3v) is 1.83. The van der Waals surface area contributed by atoms with Crippen LogP contribution < -0.4 is 5.73 Å². The lowest BCUT2D eigenvalue weighted by Crippen LogP contribution is -2.13. The molecule has 1 rings (SSSR count). The lowest BCUT2D eigenvalue weighted by Gasteiger charge is -2.09. The maximum Gasteiger partial charge on any atom is 0.0946 e. The Labute approximate surface area is 67.2 Å². The highest BCUT2D eigenvalue weighted by Crippen LogP contribution is 2.13. The van der Waals surface area contributed by atoms with Crippen LogP contribution in [0.1, 0.15) is 31.5 Å². The average Bonchev–Trinajstić information content (AvgIpc) is 2.36. The maximum atomic E-state index is 5.89. The van der Waals surface area contributed by atoms with E-state index in [1.807, 2.05) is 17.8 Å². The lowest BCUT2D eigenvalue weighted by molar-refractivity contribution is 0.597. The second-order valence-electron chi connectivity index (χ2n) is 2.82. The van der Waals surface area contributed by atoms with E-state index in [1.54, 1.807) is 6.33 Å². The Morgan fingerprint density at radius 1 is 1.73 bits per heavy atom. The molecule has 2 N–H and O–H groups in total. The van der Waals surface area contributed by atoms with Crippen LogP contribution in [0.15, 0.2) is 12.5 Å². The van der Waals surface area contributed by atoms with Crippen LogP contribution in [0.5, 0.6) is 0 Å². The number of nitrogens with two attached hydrogens (primary N) is 1. The van der Waals surface area contributed by atoms with Crippen molar-refractivity contribution >= 4 is 0 Å². The number of aromatic nitrogens is 2. The molecule has 1 heterocycles. The number of aryl methyl sites for hydroxylation is 1. The zero-order valence-corrected chi connectivity index (χ0v) is 7.12. The molecular formula is C8H15N3. The fourth-order valence-electron chi connectivity index (χ4n) is 1.18. The van der Waals surface area contributed by atoms with Crippen molar-refractivity contribution < 1.29 is 0 Å². The van der Waals surface area contributed by atoms with Crippen LogP contribution in [0.4, 0.5) is 0 Å². The van der Waals surface area contributed by atoms with Crippen LogP contribution in [0, 0.1) is 0 Å². The first-order valence-electron chi connectivity index (χ1n) is 3.97. The van der Waals surface area contributed by atoms with Crippen LogP contribution in [-0.2, 0) is 7.05 Å². The summed E-state index contributed by atoms with van der Waals surface area (Å²) in [5.74, 6) is 0. The fourth-order valence-corrected chi connectivity index (χ4v) is 1.18. The second-order valence-corrected chi connectivity index (χ2v) is 2.82. The van der Waals surface area contributed by atoms with Crippen LogP contribution in [0.3, 0.4) is 0 Å². The molecule has 0 amide bonds. The smallest absolute Gasteiger partial charge is 0.0946 e. The predicted molar refractivity (Wildman–Crippen MR) is 45.0 cm³/mol. The van der Waals surface area contributed by atoms with Gasteiger partial charge in [0.2, 0.25) is 0 Å². The summed E-state index contributed by atoms with van der Waals surface area (Å²) >= 11 is 0. The molecule has 3 heteroatoms. The van der Waals surface area contributed by atoms with E-state index in [1.165, 1.54) is 0 Å². The van der Waals surface area contributed by atoms with Crippen LogP contribution in [-0.4, -0.2) is 9.55 Å². The van der Waals surface area contributed by atoms with Crippen molar-refractivity contribution in [3.05, 3.63) is 18.2 Å². The van der Waals surface area contributed by atoms with Crippen LogP contribution in [0.25, 0.3) is 0 Å². The van der Waals surface area contributed by atoms with Gasteiger partial charge < -0.3 is 10.3 Å². The number of rotatable bonds is 3. The molecule has 0 saturated carbocycles. The maximum absolute atomic E-state index is 5.89. The minimum atomic E-state index is 0.146. The molecule has 1 atom stereocenters. The van der Waals surface area contributed by atoms with E-state index >= 15 is 0 Å². The third-order valence-electron chi connectivity index (χ3n) is 1.83. The van der Waals surface area contributed by atoms with Gasteiger partial charge in [0.05, 0.1) is 12.0 Å². The summed E-state index contributed by atoms with van der Waals surface area (Å²) in [5.41, 5.74) is 7.01. The second kappa shape index (κ2) is 3.53. The van der Waals surface area contributed by atoms with Gasteiger partial charge in [-0.05, 0) is 6.42 Å². The molecule has 1 aromatic rings. The molecule has 11 heavy (non-hydrogen) atoms. The standard InChI is InChI=1S/C8H15N3/c1-3-4-7(9)8-5-10-6-11(8)2/h5-7H,3-4,9H2,1-2H3/t7-/m1/s1. The summed E-state index contributed by atoms with van der Waals surface area (Å²) in [5, 5.41) is 0. The van der Waals surface area contributed by atoms with Gasteiger partial charge in [0.25, 0.3) is 0 Å². The lowest BCUT2D eigenvalue weighted by atomic mass is 10.1. The van der Waals surface area contributed by atoms with Gasteiger partial charge in [-0.15, -0.1) is 0 Å². The van der Waals surface area contributed by atoms with E-state index in [4.69, 9.17) is 5.73 Å². The number of hydrogen-bond acceptors (Lipinski definition) is 2. The Morgan fingerprint density at radius 3 is 2.91 bits per heavy atom. The molecule has 0 aliphatic carbocycles. The normalized spacial score (nSPS) is 13.4. The molecule has 62 valence electrons. The van der Waals surface area contributed by atoms with Gasteiger partial charge in [0.1, 0.15) is 0 Å². The van der Waals surface area contributed by atoms with Crippen molar-refractivity contribution in [2.75, 3.05) is 0 Å². The van der Waals surface area contributed by atoms with E-state index in [-0.39, 0.29) is 6.04 Å². The molecule has 0 fully saturated rings. The number of hydrogen-bond donors (Lipinski definition) is 1. The van der Waals surface area contributed by atoms with Crippen LogP contribution in [0.2, 0.25) is 0 Å². The van der Waals surface area contributed by atoms with E-state index in [9.17, 15) is 0 Å². The average molecular weight is 153 g/mol. The highest BCUT2D eigenvalue weighted by atomic mass is 15.0. The van der Waals surface area contributed by atoms with Crippen molar-refractivity contribution in [3.8, 4) is 0 Å². The highest BCUT2D eigenvalue weighted by molar-refractivity contribution is 5.03. The Balaban J connectivity index is 2.67. The van der Waals surface area contributed by atoms with Crippen molar-refractivity contribution in [2.45, 2.75) is 25.8 Å².